The number of alkyl halides is 3. The average molecular weight is 251 g/mol. The normalized spacial score (nSPS) is 11.4. The van der Waals surface area contributed by atoms with Crippen molar-refractivity contribution in [1.29, 1.82) is 0 Å². The molecule has 0 spiro atoms. The number of aromatic nitrogens is 2. The predicted octanol–water partition coefficient (Wildman–Crippen LogP) is 1.34. The number of carbonyl (C=O) groups is 1. The van der Waals surface area contributed by atoms with Crippen molar-refractivity contribution in [1.82, 2.24) is 15.1 Å². The topological polar surface area (TPSA) is 56.1 Å². The molecule has 0 unspecified atom stereocenters. The molecule has 5 nitrogen and oxygen atoms in total. The summed E-state index contributed by atoms with van der Waals surface area (Å²) >= 11 is 0. The molecule has 0 aromatic carbocycles. The smallest absolute Gasteiger partial charge is 0.435 e. The van der Waals surface area contributed by atoms with Gasteiger partial charge in [0.2, 0.25) is 0 Å². The number of aryl methyl sites for hydroxylation is 1. The first-order chi connectivity index (χ1) is 7.84. The molecule has 0 atom stereocenters. The Bertz CT molecular complexity index is 401. The van der Waals surface area contributed by atoms with E-state index in [-0.39, 0.29) is 18.5 Å². The third-order valence-corrected chi connectivity index (χ3v) is 2.02. The van der Waals surface area contributed by atoms with Crippen molar-refractivity contribution in [2.45, 2.75) is 12.6 Å². The summed E-state index contributed by atoms with van der Waals surface area (Å²) in [6.45, 7) is 0.0570. The number of methoxy groups -OCH3 is 1. The molecule has 0 radical (unpaired) electrons. The second-order valence-electron chi connectivity index (χ2n) is 3.34. The minimum absolute atomic E-state index is 0.0383. The lowest BCUT2D eigenvalue weighted by Gasteiger charge is -2.06. The molecule has 0 saturated carbocycles. The third kappa shape index (κ3) is 3.65. The van der Waals surface area contributed by atoms with Crippen LogP contribution in [-0.4, -0.2) is 29.5 Å². The zero-order valence-electron chi connectivity index (χ0n) is 9.34. The number of hydrogen-bond acceptors (Lipinski definition) is 3. The molecule has 1 N–H and O–H groups in total. The fraction of sp³-hybridized carbons (Fsp3) is 0.556. The summed E-state index contributed by atoms with van der Waals surface area (Å²) < 4.78 is 43.0. The Labute approximate surface area is 95.5 Å². The van der Waals surface area contributed by atoms with E-state index in [0.717, 1.165) is 4.68 Å². The third-order valence-electron chi connectivity index (χ3n) is 2.02. The number of rotatable bonds is 3. The van der Waals surface area contributed by atoms with Gasteiger partial charge in [0.1, 0.15) is 0 Å². The number of amides is 1. The van der Waals surface area contributed by atoms with Crippen LogP contribution < -0.4 is 5.32 Å². The molecule has 1 heterocycles. The first-order valence-electron chi connectivity index (χ1n) is 4.76. The lowest BCUT2D eigenvalue weighted by Crippen LogP contribution is -2.25. The first kappa shape index (κ1) is 13.3. The van der Waals surface area contributed by atoms with Gasteiger partial charge in [0, 0.05) is 25.4 Å². The van der Waals surface area contributed by atoms with Crippen molar-refractivity contribution in [3.05, 3.63) is 17.5 Å². The summed E-state index contributed by atoms with van der Waals surface area (Å²) in [6.07, 6.45) is -3.84. The number of carbonyl (C=O) groups excluding carboxylic acids is 1. The Morgan fingerprint density at radius 1 is 1.59 bits per heavy atom. The van der Waals surface area contributed by atoms with Crippen LogP contribution in [0.4, 0.5) is 18.0 Å². The minimum atomic E-state index is -4.48. The molecule has 17 heavy (non-hydrogen) atoms. The Balaban J connectivity index is 2.68. The number of nitrogens with zero attached hydrogens (tertiary/aromatic N) is 2. The van der Waals surface area contributed by atoms with Gasteiger partial charge < -0.3 is 10.1 Å². The lowest BCUT2D eigenvalue weighted by molar-refractivity contribution is -0.142. The number of ether oxygens (including phenoxy) is 1. The number of halogens is 3. The maximum Gasteiger partial charge on any atom is 0.435 e. The number of alkyl carbamates (subject to hydrolysis) is 1. The van der Waals surface area contributed by atoms with Gasteiger partial charge in [-0.3, -0.25) is 4.68 Å². The molecular formula is C9H12F3N3O2. The van der Waals surface area contributed by atoms with Gasteiger partial charge in [-0.1, -0.05) is 0 Å². The molecule has 8 heteroatoms. The lowest BCUT2D eigenvalue weighted by atomic mass is 10.2. The van der Waals surface area contributed by atoms with E-state index >= 15 is 0 Å². The molecule has 1 aromatic rings. The molecule has 1 rings (SSSR count). The summed E-state index contributed by atoms with van der Waals surface area (Å²) in [5.41, 5.74) is -0.886. The molecule has 0 fully saturated rings. The molecular weight excluding hydrogens is 239 g/mol. The van der Waals surface area contributed by atoms with Gasteiger partial charge in [0.25, 0.3) is 0 Å². The highest BCUT2D eigenvalue weighted by Crippen LogP contribution is 2.30. The van der Waals surface area contributed by atoms with Gasteiger partial charge in [0.15, 0.2) is 5.69 Å². The molecule has 0 aliphatic rings. The summed E-state index contributed by atoms with van der Waals surface area (Å²) in [5.74, 6) is 0. The highest BCUT2D eigenvalue weighted by molar-refractivity contribution is 5.66. The van der Waals surface area contributed by atoms with E-state index in [4.69, 9.17) is 0 Å². The van der Waals surface area contributed by atoms with Gasteiger partial charge >= 0.3 is 12.3 Å². The Morgan fingerprint density at radius 2 is 2.24 bits per heavy atom. The molecule has 0 bridgehead atoms. The van der Waals surface area contributed by atoms with Crippen molar-refractivity contribution in [2.24, 2.45) is 7.05 Å². The van der Waals surface area contributed by atoms with Gasteiger partial charge in [0.05, 0.1) is 7.11 Å². The summed E-state index contributed by atoms with van der Waals surface area (Å²) in [5, 5.41) is 5.65. The standard InChI is InChI=1S/C9H12F3N3O2/c1-15-5-6(3-4-13-8(16)17-2)7(14-15)9(10,11)12/h5H,3-4H2,1-2H3,(H,13,16). The molecule has 0 aliphatic carbocycles. The van der Waals surface area contributed by atoms with E-state index < -0.39 is 18.0 Å². The minimum Gasteiger partial charge on any atom is -0.453 e. The summed E-state index contributed by atoms with van der Waals surface area (Å²) in [7, 11) is 2.59. The molecule has 0 aliphatic heterocycles. The zero-order chi connectivity index (χ0) is 13.1. The van der Waals surface area contributed by atoms with Gasteiger partial charge in [-0.25, -0.2) is 4.79 Å². The largest absolute Gasteiger partial charge is 0.453 e. The van der Waals surface area contributed by atoms with Crippen molar-refractivity contribution in [3.63, 3.8) is 0 Å². The van der Waals surface area contributed by atoms with Crippen molar-refractivity contribution < 1.29 is 22.7 Å². The Kier molecular flexibility index (Phi) is 3.97. The van der Waals surface area contributed by atoms with Gasteiger partial charge in [-0.2, -0.15) is 18.3 Å². The zero-order valence-corrected chi connectivity index (χ0v) is 9.34. The second kappa shape index (κ2) is 5.07. The van der Waals surface area contributed by atoms with Crippen LogP contribution in [0, 0.1) is 0 Å². The monoisotopic (exact) mass is 251 g/mol. The van der Waals surface area contributed by atoms with E-state index in [9.17, 15) is 18.0 Å². The summed E-state index contributed by atoms with van der Waals surface area (Å²) in [4.78, 5) is 10.7. The van der Waals surface area contributed by atoms with Crippen LogP contribution in [-0.2, 0) is 24.4 Å². The van der Waals surface area contributed by atoms with E-state index in [1.54, 1.807) is 0 Å². The number of hydrogen-bond donors (Lipinski definition) is 1. The van der Waals surface area contributed by atoms with Crippen LogP contribution in [0.3, 0.4) is 0 Å². The van der Waals surface area contributed by atoms with Crippen molar-refractivity contribution >= 4 is 6.09 Å². The van der Waals surface area contributed by atoms with Crippen LogP contribution in [0.25, 0.3) is 0 Å². The highest BCUT2D eigenvalue weighted by atomic mass is 19.4. The van der Waals surface area contributed by atoms with E-state index in [1.807, 2.05) is 0 Å². The van der Waals surface area contributed by atoms with Crippen LogP contribution in [0.15, 0.2) is 6.20 Å². The highest BCUT2D eigenvalue weighted by Gasteiger charge is 2.36. The fourth-order valence-electron chi connectivity index (χ4n) is 1.33. The van der Waals surface area contributed by atoms with E-state index in [1.165, 1.54) is 20.4 Å². The van der Waals surface area contributed by atoms with Crippen LogP contribution in [0.2, 0.25) is 0 Å². The van der Waals surface area contributed by atoms with Gasteiger partial charge in [-0.05, 0) is 6.42 Å². The quantitative estimate of drug-likeness (QED) is 0.881. The second-order valence-corrected chi connectivity index (χ2v) is 3.34. The Hall–Kier alpha value is -1.73. The van der Waals surface area contributed by atoms with E-state index in [2.05, 4.69) is 15.2 Å². The van der Waals surface area contributed by atoms with Crippen molar-refractivity contribution in [3.8, 4) is 0 Å². The van der Waals surface area contributed by atoms with E-state index in [0.29, 0.717) is 0 Å². The van der Waals surface area contributed by atoms with Crippen molar-refractivity contribution in [2.75, 3.05) is 13.7 Å². The fourth-order valence-corrected chi connectivity index (χ4v) is 1.33. The SMILES string of the molecule is COC(=O)NCCc1cn(C)nc1C(F)(F)F. The van der Waals surface area contributed by atoms with Crippen LogP contribution >= 0.6 is 0 Å². The maximum atomic E-state index is 12.5. The molecule has 96 valence electrons. The van der Waals surface area contributed by atoms with Crippen LogP contribution in [0.5, 0.6) is 0 Å². The van der Waals surface area contributed by atoms with Crippen LogP contribution in [0.1, 0.15) is 11.3 Å². The van der Waals surface area contributed by atoms with Gasteiger partial charge in [-0.15, -0.1) is 0 Å². The molecule has 0 saturated heterocycles. The maximum absolute atomic E-state index is 12.5. The Morgan fingerprint density at radius 3 is 2.76 bits per heavy atom. The molecule has 1 amide bonds. The number of nitrogens with one attached hydrogen (secondary N) is 1. The summed E-state index contributed by atoms with van der Waals surface area (Å²) in [6, 6.07) is 0. The average Bonchev–Trinajstić information content (AvgIpc) is 2.59. The predicted molar refractivity (Wildman–Crippen MR) is 52.3 cm³/mol. The molecule has 1 aromatic heterocycles. The first-order valence-corrected chi connectivity index (χ1v) is 4.76.